The van der Waals surface area contributed by atoms with E-state index in [9.17, 15) is 24.6 Å². The van der Waals surface area contributed by atoms with Gasteiger partial charge in [-0.1, -0.05) is 31.7 Å². The predicted octanol–water partition coefficient (Wildman–Crippen LogP) is 3.02. The molecule has 2 aliphatic heterocycles. The Morgan fingerprint density at radius 3 is 2.31 bits per heavy atom. The maximum atomic E-state index is 14.1. The number of carbonyl (C=O) groups is 3. The molecule has 11 nitrogen and oxygen atoms in total. The van der Waals surface area contributed by atoms with Crippen LogP contribution in [0.5, 0.6) is 0 Å². The number of ether oxygens (including phenoxy) is 6. The summed E-state index contributed by atoms with van der Waals surface area (Å²) in [4.78, 5) is 39.8. The third-order valence-corrected chi connectivity index (χ3v) is 11.0. The second kappa shape index (κ2) is 10.7. The molecule has 0 radical (unpaired) electrons. The van der Waals surface area contributed by atoms with E-state index in [1.54, 1.807) is 51.1 Å². The topological polar surface area (TPSA) is 147 Å². The highest BCUT2D eigenvalue weighted by atomic mass is 16.7. The molecule has 2 saturated carbocycles. The van der Waals surface area contributed by atoms with Crippen LogP contribution in [0.1, 0.15) is 64.7 Å². The van der Waals surface area contributed by atoms with E-state index in [0.717, 1.165) is 0 Å². The number of esters is 3. The SMILES string of the molecule is C=C[C@H]1O[C@H]2C[C@H]3OC[C@@]3(OC(C)=O)[C@H]3[C@H](OC(=O)c4ccccc4)[C@]4(C(C)(C)O)C[C@H](O)C(C)=C4[C@H](OC(C)=O)[C@H](O1)[C@]23C. The lowest BCUT2D eigenvalue weighted by molar-refractivity contribution is -0.392. The molecule has 45 heavy (non-hydrogen) atoms. The highest BCUT2D eigenvalue weighted by Crippen LogP contribution is 2.69. The Kier molecular flexibility index (Phi) is 7.60. The smallest absolute Gasteiger partial charge is 0.338 e. The van der Waals surface area contributed by atoms with Crippen molar-refractivity contribution in [3.05, 3.63) is 59.7 Å². The van der Waals surface area contributed by atoms with E-state index in [1.807, 2.05) is 6.92 Å². The van der Waals surface area contributed by atoms with Gasteiger partial charge in [-0.25, -0.2) is 4.79 Å². The van der Waals surface area contributed by atoms with Crippen molar-refractivity contribution in [1.82, 2.24) is 0 Å². The Morgan fingerprint density at radius 1 is 1.07 bits per heavy atom. The number of aliphatic hydroxyl groups excluding tert-OH is 1. The molecule has 2 N–H and O–H groups in total. The highest BCUT2D eigenvalue weighted by molar-refractivity contribution is 5.89. The van der Waals surface area contributed by atoms with Crippen LogP contribution in [0.3, 0.4) is 0 Å². The number of hydrogen-bond acceptors (Lipinski definition) is 11. The number of fused-ring (bicyclic) bond motifs is 3. The fourth-order valence-corrected chi connectivity index (χ4v) is 9.10. The molecule has 1 aromatic rings. The van der Waals surface area contributed by atoms with Gasteiger partial charge in [-0.15, -0.1) is 0 Å². The van der Waals surface area contributed by atoms with Gasteiger partial charge < -0.3 is 38.6 Å². The molecule has 4 fully saturated rings. The lowest BCUT2D eigenvalue weighted by Crippen LogP contribution is -2.80. The van der Waals surface area contributed by atoms with Crippen molar-refractivity contribution < 1.29 is 53.0 Å². The van der Waals surface area contributed by atoms with Gasteiger partial charge in [-0.3, -0.25) is 9.59 Å². The molecule has 0 aromatic heterocycles. The van der Waals surface area contributed by atoms with Crippen LogP contribution in [-0.4, -0.2) is 88.8 Å². The van der Waals surface area contributed by atoms with Crippen LogP contribution in [-0.2, 0) is 38.0 Å². The summed E-state index contributed by atoms with van der Waals surface area (Å²) in [6.07, 6.45) is -4.87. The van der Waals surface area contributed by atoms with Crippen molar-refractivity contribution in [3.8, 4) is 0 Å². The van der Waals surface area contributed by atoms with Gasteiger partial charge in [0.15, 0.2) is 18.0 Å². The fraction of sp³-hybridized carbons (Fsp3) is 0.618. The lowest BCUT2D eigenvalue weighted by Gasteiger charge is -2.67. The molecule has 2 heterocycles. The van der Waals surface area contributed by atoms with E-state index in [-0.39, 0.29) is 18.6 Å². The summed E-state index contributed by atoms with van der Waals surface area (Å²) in [5, 5.41) is 23.9. The summed E-state index contributed by atoms with van der Waals surface area (Å²) in [7, 11) is 0. The van der Waals surface area contributed by atoms with Gasteiger partial charge in [0.1, 0.15) is 18.3 Å². The van der Waals surface area contributed by atoms with Crippen LogP contribution in [0.2, 0.25) is 0 Å². The molecule has 0 amide bonds. The largest absolute Gasteiger partial charge is 0.457 e. The minimum absolute atomic E-state index is 0.0119. The van der Waals surface area contributed by atoms with E-state index in [0.29, 0.717) is 17.6 Å². The average molecular weight is 627 g/mol. The molecular weight excluding hydrogens is 584 g/mol. The first-order valence-corrected chi connectivity index (χ1v) is 15.4. The molecule has 11 heteroatoms. The number of rotatable bonds is 6. The average Bonchev–Trinajstić information content (AvgIpc) is 3.20. The van der Waals surface area contributed by atoms with Crippen molar-refractivity contribution in [2.45, 2.75) is 108 Å². The van der Waals surface area contributed by atoms with E-state index in [2.05, 4.69) is 6.58 Å². The molecule has 1 aromatic carbocycles. The molecule has 6 rings (SSSR count). The van der Waals surface area contributed by atoms with Crippen LogP contribution in [0.15, 0.2) is 54.1 Å². The summed E-state index contributed by atoms with van der Waals surface area (Å²) in [6.45, 7) is 13.2. The third kappa shape index (κ3) is 4.46. The van der Waals surface area contributed by atoms with Crippen LogP contribution in [0.25, 0.3) is 0 Å². The molecule has 5 aliphatic rings. The van der Waals surface area contributed by atoms with E-state index >= 15 is 0 Å². The minimum atomic E-state index is -1.69. The molecule has 3 aliphatic carbocycles. The van der Waals surface area contributed by atoms with Crippen LogP contribution in [0.4, 0.5) is 0 Å². The maximum absolute atomic E-state index is 14.1. The van der Waals surface area contributed by atoms with Crippen LogP contribution >= 0.6 is 0 Å². The third-order valence-electron chi connectivity index (χ3n) is 11.0. The van der Waals surface area contributed by atoms with Crippen molar-refractivity contribution in [2.75, 3.05) is 6.61 Å². The number of benzene rings is 1. The van der Waals surface area contributed by atoms with Gasteiger partial charge in [-0.05, 0) is 56.5 Å². The van der Waals surface area contributed by atoms with E-state index in [1.165, 1.54) is 19.9 Å². The Balaban J connectivity index is 1.70. The maximum Gasteiger partial charge on any atom is 0.338 e. The van der Waals surface area contributed by atoms with E-state index < -0.39 is 88.8 Å². The Bertz CT molecular complexity index is 1430. The molecule has 244 valence electrons. The van der Waals surface area contributed by atoms with Gasteiger partial charge in [0, 0.05) is 25.7 Å². The molecule has 11 atom stereocenters. The molecule has 0 spiro atoms. The Hall–Kier alpha value is -3.09. The standard InChI is InChI=1S/C34H42O11/c1-8-24-42-22-14-23-34(16-40-23,45-19(4)36)27-29(44-30(38)20-12-10-9-11-13-20)33(31(5,6)39)15-21(37)17(2)25(33)26(41-18(3)35)28(43-24)32(22,27)7/h8-13,21-24,26-29,37,39H,1,14-16H2,2-7H3/t21-,22-,23+,24-,26-,27-,28-,29-,32+,33-,34-/m0/s1. The second-order valence-electron chi connectivity index (χ2n) is 13.8. The molecule has 2 saturated heterocycles. The number of carbonyl (C=O) groups excluding carboxylic acids is 3. The van der Waals surface area contributed by atoms with Crippen molar-refractivity contribution in [2.24, 2.45) is 16.7 Å². The zero-order valence-corrected chi connectivity index (χ0v) is 26.5. The second-order valence-corrected chi connectivity index (χ2v) is 13.8. The first-order valence-electron chi connectivity index (χ1n) is 15.4. The van der Waals surface area contributed by atoms with Gasteiger partial charge in [0.25, 0.3) is 0 Å². The molecular formula is C34H42O11. The van der Waals surface area contributed by atoms with Gasteiger partial charge in [-0.2, -0.15) is 0 Å². The Labute approximate surface area is 262 Å². The minimum Gasteiger partial charge on any atom is -0.457 e. The first-order chi connectivity index (χ1) is 21.1. The summed E-state index contributed by atoms with van der Waals surface area (Å²) < 4.78 is 38.1. The number of aliphatic hydroxyl groups is 2. The summed E-state index contributed by atoms with van der Waals surface area (Å²) in [5.74, 6) is -2.77. The molecule has 0 unspecified atom stereocenters. The monoisotopic (exact) mass is 626 g/mol. The summed E-state index contributed by atoms with van der Waals surface area (Å²) in [5.41, 5.74) is -4.58. The summed E-state index contributed by atoms with van der Waals surface area (Å²) >= 11 is 0. The van der Waals surface area contributed by atoms with Gasteiger partial charge >= 0.3 is 17.9 Å². The van der Waals surface area contributed by atoms with E-state index in [4.69, 9.17) is 28.4 Å². The molecule has 0 bridgehead atoms. The highest BCUT2D eigenvalue weighted by Gasteiger charge is 2.80. The van der Waals surface area contributed by atoms with Crippen molar-refractivity contribution >= 4 is 17.9 Å². The number of hydrogen-bond donors (Lipinski definition) is 2. The van der Waals surface area contributed by atoms with Crippen molar-refractivity contribution in [1.29, 1.82) is 0 Å². The normalized spacial score (nSPS) is 41.8. The van der Waals surface area contributed by atoms with Gasteiger partial charge in [0.2, 0.25) is 0 Å². The zero-order valence-electron chi connectivity index (χ0n) is 26.5. The first kappa shape index (κ1) is 31.9. The Morgan fingerprint density at radius 2 is 1.76 bits per heavy atom. The van der Waals surface area contributed by atoms with Crippen LogP contribution in [0, 0.1) is 16.7 Å². The predicted molar refractivity (Wildman–Crippen MR) is 157 cm³/mol. The fourth-order valence-electron chi connectivity index (χ4n) is 9.10. The summed E-state index contributed by atoms with van der Waals surface area (Å²) in [6, 6.07) is 8.44. The lowest BCUT2D eigenvalue weighted by atomic mass is 9.49. The van der Waals surface area contributed by atoms with Crippen LogP contribution < -0.4 is 0 Å². The van der Waals surface area contributed by atoms with Gasteiger partial charge in [0.05, 0.1) is 41.3 Å². The zero-order chi connectivity index (χ0) is 32.7. The van der Waals surface area contributed by atoms with Crippen molar-refractivity contribution in [3.63, 3.8) is 0 Å². The quantitative estimate of drug-likeness (QED) is 0.273.